The molecule has 2 amide bonds. The summed E-state index contributed by atoms with van der Waals surface area (Å²) in [6.07, 6.45) is 1.09. The average molecular weight is 352 g/mol. The maximum Gasteiger partial charge on any atom is 0.240 e. The summed E-state index contributed by atoms with van der Waals surface area (Å²) in [7, 11) is 1.56. The Kier molecular flexibility index (Phi) is 4.72. The van der Waals surface area contributed by atoms with Crippen molar-refractivity contribution in [3.05, 3.63) is 53.1 Å². The molecule has 0 aliphatic heterocycles. The smallest absolute Gasteiger partial charge is 0.240 e. The Bertz CT molecular complexity index is 870. The van der Waals surface area contributed by atoms with Gasteiger partial charge >= 0.3 is 0 Å². The van der Waals surface area contributed by atoms with Crippen molar-refractivity contribution in [3.8, 4) is 5.75 Å². The van der Waals surface area contributed by atoms with E-state index in [1.54, 1.807) is 13.2 Å². The quantitative estimate of drug-likeness (QED) is 0.800. The topological polar surface area (TPSA) is 67.4 Å². The summed E-state index contributed by atoms with van der Waals surface area (Å²) in [6, 6.07) is 11.3. The molecule has 1 fully saturated rings. The fraction of sp³-hybridized carbons (Fsp3) is 0.333. The van der Waals surface area contributed by atoms with Crippen LogP contribution in [0.2, 0.25) is 0 Å². The van der Waals surface area contributed by atoms with E-state index >= 15 is 0 Å². The average Bonchev–Trinajstić information content (AvgIpc) is 3.40. The third-order valence-electron chi connectivity index (χ3n) is 4.99. The second-order valence-corrected chi connectivity index (χ2v) is 6.99. The first-order valence-corrected chi connectivity index (χ1v) is 8.70. The lowest BCUT2D eigenvalue weighted by atomic mass is 10.0. The number of methoxy groups -OCH3 is 1. The highest BCUT2D eigenvalue weighted by molar-refractivity contribution is 6.17. The molecule has 0 atom stereocenters. The van der Waals surface area contributed by atoms with Crippen molar-refractivity contribution in [2.75, 3.05) is 17.7 Å². The van der Waals surface area contributed by atoms with Crippen LogP contribution in [-0.2, 0) is 9.59 Å². The molecule has 0 unspecified atom stereocenters. The molecule has 1 aliphatic carbocycles. The molecule has 0 radical (unpaired) electrons. The van der Waals surface area contributed by atoms with E-state index in [0.717, 1.165) is 16.7 Å². The van der Waals surface area contributed by atoms with Gasteiger partial charge in [-0.15, -0.1) is 0 Å². The highest BCUT2D eigenvalue weighted by Crippen LogP contribution is 2.48. The van der Waals surface area contributed by atoms with Gasteiger partial charge in [0, 0.05) is 5.69 Å². The molecular formula is C21H24N2O3. The van der Waals surface area contributed by atoms with E-state index in [4.69, 9.17) is 4.74 Å². The Morgan fingerprint density at radius 2 is 1.62 bits per heavy atom. The number of carbonyl (C=O) groups is 2. The van der Waals surface area contributed by atoms with Gasteiger partial charge in [-0.1, -0.05) is 12.1 Å². The number of anilines is 2. The molecule has 136 valence electrons. The number of carbonyl (C=O) groups excluding carboxylic acids is 2. The maximum atomic E-state index is 12.8. The second kappa shape index (κ2) is 6.83. The van der Waals surface area contributed by atoms with E-state index in [0.29, 0.717) is 30.0 Å². The number of nitrogens with one attached hydrogen (secondary N) is 2. The molecule has 0 aromatic heterocycles. The third kappa shape index (κ3) is 3.43. The Balaban J connectivity index is 1.75. The molecule has 2 aromatic carbocycles. The van der Waals surface area contributed by atoms with Gasteiger partial charge in [0.1, 0.15) is 11.2 Å². The van der Waals surface area contributed by atoms with E-state index in [9.17, 15) is 9.59 Å². The van der Waals surface area contributed by atoms with Gasteiger partial charge in [0.25, 0.3) is 0 Å². The Hall–Kier alpha value is -2.82. The van der Waals surface area contributed by atoms with Crippen molar-refractivity contribution in [2.45, 2.75) is 33.6 Å². The fourth-order valence-corrected chi connectivity index (χ4v) is 2.91. The molecule has 2 aromatic rings. The Morgan fingerprint density at radius 1 is 0.923 bits per heavy atom. The number of ether oxygens (including phenoxy) is 1. The van der Waals surface area contributed by atoms with E-state index in [-0.39, 0.29) is 11.8 Å². The van der Waals surface area contributed by atoms with Crippen LogP contribution in [-0.4, -0.2) is 18.9 Å². The number of rotatable bonds is 5. The van der Waals surface area contributed by atoms with Crippen LogP contribution in [0.1, 0.15) is 29.5 Å². The van der Waals surface area contributed by atoms with Crippen LogP contribution in [0.25, 0.3) is 0 Å². The molecule has 26 heavy (non-hydrogen) atoms. The molecular weight excluding hydrogens is 328 g/mol. The van der Waals surface area contributed by atoms with Crippen molar-refractivity contribution >= 4 is 23.2 Å². The Morgan fingerprint density at radius 3 is 2.23 bits per heavy atom. The summed E-state index contributed by atoms with van der Waals surface area (Å²) in [5, 5.41) is 5.76. The van der Waals surface area contributed by atoms with Gasteiger partial charge in [0.05, 0.1) is 12.8 Å². The first kappa shape index (κ1) is 18.0. The SMILES string of the molecule is COc1ccc(C)cc1NC(=O)C1(C(=O)Nc2ccc(C)c(C)c2)CC1. The van der Waals surface area contributed by atoms with Gasteiger partial charge < -0.3 is 15.4 Å². The van der Waals surface area contributed by atoms with Crippen LogP contribution >= 0.6 is 0 Å². The first-order valence-electron chi connectivity index (χ1n) is 8.70. The monoisotopic (exact) mass is 352 g/mol. The molecule has 5 heteroatoms. The van der Waals surface area contributed by atoms with Crippen molar-refractivity contribution in [3.63, 3.8) is 0 Å². The maximum absolute atomic E-state index is 12.8. The zero-order chi connectivity index (χ0) is 18.9. The molecule has 0 heterocycles. The van der Waals surface area contributed by atoms with Crippen molar-refractivity contribution in [1.29, 1.82) is 0 Å². The van der Waals surface area contributed by atoms with Gasteiger partial charge in [0.15, 0.2) is 0 Å². The molecule has 0 spiro atoms. The highest BCUT2D eigenvalue weighted by Gasteiger charge is 2.56. The molecule has 0 bridgehead atoms. The normalized spacial score (nSPS) is 14.5. The molecule has 1 aliphatic rings. The zero-order valence-electron chi connectivity index (χ0n) is 15.6. The van der Waals surface area contributed by atoms with Crippen molar-refractivity contribution in [2.24, 2.45) is 5.41 Å². The number of benzene rings is 2. The predicted octanol–water partition coefficient (Wildman–Crippen LogP) is 3.98. The van der Waals surface area contributed by atoms with Gasteiger partial charge in [-0.2, -0.15) is 0 Å². The molecule has 0 saturated heterocycles. The lowest BCUT2D eigenvalue weighted by molar-refractivity contribution is -0.131. The number of hydrogen-bond acceptors (Lipinski definition) is 3. The minimum absolute atomic E-state index is 0.259. The molecule has 3 rings (SSSR count). The van der Waals surface area contributed by atoms with Crippen LogP contribution in [0.15, 0.2) is 36.4 Å². The van der Waals surface area contributed by atoms with E-state index < -0.39 is 5.41 Å². The minimum Gasteiger partial charge on any atom is -0.495 e. The number of hydrogen-bond donors (Lipinski definition) is 2. The second-order valence-electron chi connectivity index (χ2n) is 6.99. The number of aryl methyl sites for hydroxylation is 3. The van der Waals surface area contributed by atoms with Crippen molar-refractivity contribution < 1.29 is 14.3 Å². The van der Waals surface area contributed by atoms with Gasteiger partial charge in [-0.3, -0.25) is 9.59 Å². The first-order chi connectivity index (χ1) is 12.4. The summed E-state index contributed by atoms with van der Waals surface area (Å²) in [5.41, 5.74) is 3.56. The summed E-state index contributed by atoms with van der Waals surface area (Å²) >= 11 is 0. The summed E-state index contributed by atoms with van der Waals surface area (Å²) < 4.78 is 5.30. The van der Waals surface area contributed by atoms with Gasteiger partial charge in [-0.05, 0) is 74.6 Å². The standard InChI is InChI=1S/C21H24N2O3/c1-13-5-8-18(26-4)17(11-13)23-20(25)21(9-10-21)19(24)22-16-7-6-14(2)15(3)12-16/h5-8,11-12H,9-10H2,1-4H3,(H,22,24)(H,23,25). The lowest BCUT2D eigenvalue weighted by Crippen LogP contribution is -2.35. The summed E-state index contributed by atoms with van der Waals surface area (Å²) in [6.45, 7) is 5.95. The van der Waals surface area contributed by atoms with Gasteiger partial charge in [-0.25, -0.2) is 0 Å². The lowest BCUT2D eigenvalue weighted by Gasteiger charge is -2.17. The van der Waals surface area contributed by atoms with Crippen LogP contribution < -0.4 is 15.4 Å². The van der Waals surface area contributed by atoms with Crippen LogP contribution in [0.4, 0.5) is 11.4 Å². The van der Waals surface area contributed by atoms with E-state index in [1.807, 2.05) is 51.1 Å². The Labute approximate surface area is 153 Å². The van der Waals surface area contributed by atoms with Crippen molar-refractivity contribution in [1.82, 2.24) is 0 Å². The fourth-order valence-electron chi connectivity index (χ4n) is 2.91. The highest BCUT2D eigenvalue weighted by atomic mass is 16.5. The van der Waals surface area contributed by atoms with Crippen LogP contribution in [0.3, 0.4) is 0 Å². The largest absolute Gasteiger partial charge is 0.495 e. The summed E-state index contributed by atoms with van der Waals surface area (Å²) in [5.74, 6) is 0.0296. The van der Waals surface area contributed by atoms with Crippen LogP contribution in [0, 0.1) is 26.2 Å². The predicted molar refractivity (Wildman–Crippen MR) is 103 cm³/mol. The molecule has 5 nitrogen and oxygen atoms in total. The minimum atomic E-state index is -1.01. The van der Waals surface area contributed by atoms with Crippen LogP contribution in [0.5, 0.6) is 5.75 Å². The third-order valence-corrected chi connectivity index (χ3v) is 4.99. The number of amides is 2. The van der Waals surface area contributed by atoms with Gasteiger partial charge in [0.2, 0.25) is 11.8 Å². The summed E-state index contributed by atoms with van der Waals surface area (Å²) in [4.78, 5) is 25.5. The molecule has 1 saturated carbocycles. The van der Waals surface area contributed by atoms with E-state index in [2.05, 4.69) is 10.6 Å². The molecule has 2 N–H and O–H groups in total. The zero-order valence-corrected chi connectivity index (χ0v) is 15.6. The van der Waals surface area contributed by atoms with E-state index in [1.165, 1.54) is 0 Å².